The predicted molar refractivity (Wildman–Crippen MR) is 139 cm³/mol. The normalized spacial score (nSPS) is 13.4. The van der Waals surface area contributed by atoms with Gasteiger partial charge in [-0.15, -0.1) is 0 Å². The Labute approximate surface area is 220 Å². The molecule has 1 fully saturated rings. The van der Waals surface area contributed by atoms with Gasteiger partial charge in [0.1, 0.15) is 11.0 Å². The van der Waals surface area contributed by atoms with E-state index in [9.17, 15) is 9.59 Å². The number of hydrogen-bond acceptors (Lipinski definition) is 9. The molecule has 0 unspecified atom stereocenters. The Hall–Kier alpha value is -2.92. The molecular formula is C24H32ClN5O5S. The summed E-state index contributed by atoms with van der Waals surface area (Å²) in [6, 6.07) is 7.55. The Morgan fingerprint density at radius 3 is 2.42 bits per heavy atom. The Morgan fingerprint density at radius 2 is 1.75 bits per heavy atom. The van der Waals surface area contributed by atoms with Gasteiger partial charge in [-0.3, -0.25) is 4.79 Å². The first-order valence-corrected chi connectivity index (χ1v) is 13.0. The summed E-state index contributed by atoms with van der Waals surface area (Å²) in [7, 11) is 5.16. The van der Waals surface area contributed by atoms with Gasteiger partial charge in [0, 0.05) is 45.8 Å². The van der Waals surface area contributed by atoms with Crippen molar-refractivity contribution in [1.82, 2.24) is 19.8 Å². The summed E-state index contributed by atoms with van der Waals surface area (Å²) in [5.41, 5.74) is 1.10. The van der Waals surface area contributed by atoms with Gasteiger partial charge in [0.25, 0.3) is 0 Å². The molecule has 2 amide bonds. The number of halogens is 1. The maximum atomic E-state index is 12.7. The van der Waals surface area contributed by atoms with Gasteiger partial charge in [-0.05, 0) is 31.0 Å². The van der Waals surface area contributed by atoms with Crippen molar-refractivity contribution in [1.29, 1.82) is 0 Å². The molecule has 0 bridgehead atoms. The predicted octanol–water partition coefficient (Wildman–Crippen LogP) is 3.22. The standard InChI is InChI=1S/C24H32ClN5O5S/c1-5-35-24(32)30-12-10-29(11-13-30)22(31)16-36-23-26-20(25)15-21(27-23)28(2)9-8-17-6-7-18(33-3)19(14-17)34-4/h6-7,14-15H,5,8-13,16H2,1-4H3. The minimum absolute atomic E-state index is 0.0320. The Balaban J connectivity index is 1.53. The number of piperazine rings is 1. The maximum absolute atomic E-state index is 12.7. The maximum Gasteiger partial charge on any atom is 0.409 e. The van der Waals surface area contributed by atoms with Crippen LogP contribution in [0.2, 0.25) is 5.15 Å². The number of hydrogen-bond donors (Lipinski definition) is 0. The van der Waals surface area contributed by atoms with Crippen LogP contribution in [0.3, 0.4) is 0 Å². The van der Waals surface area contributed by atoms with E-state index >= 15 is 0 Å². The fraction of sp³-hybridized carbons (Fsp3) is 0.500. The van der Waals surface area contributed by atoms with Crippen molar-refractivity contribution in [3.63, 3.8) is 0 Å². The van der Waals surface area contributed by atoms with Crippen LogP contribution in [0.4, 0.5) is 10.6 Å². The number of thioether (sulfide) groups is 1. The first kappa shape index (κ1) is 27.7. The first-order chi connectivity index (χ1) is 17.3. The zero-order valence-electron chi connectivity index (χ0n) is 21.0. The fourth-order valence-corrected chi connectivity index (χ4v) is 4.65. The molecule has 0 spiro atoms. The molecule has 1 saturated heterocycles. The van der Waals surface area contributed by atoms with Gasteiger partial charge in [-0.2, -0.15) is 0 Å². The Bertz CT molecular complexity index is 1050. The van der Waals surface area contributed by atoms with Crippen molar-refractivity contribution >= 4 is 41.2 Å². The highest BCUT2D eigenvalue weighted by Crippen LogP contribution is 2.28. The number of carbonyl (C=O) groups is 2. The molecule has 1 aromatic carbocycles. The number of likely N-dealkylation sites (N-methyl/N-ethyl adjacent to an activating group) is 1. The van der Waals surface area contributed by atoms with E-state index in [0.717, 1.165) is 12.0 Å². The number of amides is 2. The van der Waals surface area contributed by atoms with Gasteiger partial charge in [0.2, 0.25) is 5.91 Å². The van der Waals surface area contributed by atoms with Gasteiger partial charge >= 0.3 is 6.09 Å². The highest BCUT2D eigenvalue weighted by Gasteiger charge is 2.25. The van der Waals surface area contributed by atoms with Crippen LogP contribution in [-0.2, 0) is 16.0 Å². The van der Waals surface area contributed by atoms with E-state index in [1.165, 1.54) is 11.8 Å². The summed E-state index contributed by atoms with van der Waals surface area (Å²) in [5.74, 6) is 2.21. The zero-order valence-corrected chi connectivity index (χ0v) is 22.6. The monoisotopic (exact) mass is 537 g/mol. The largest absolute Gasteiger partial charge is 0.493 e. The number of benzene rings is 1. The summed E-state index contributed by atoms with van der Waals surface area (Å²) in [5, 5.41) is 0.755. The van der Waals surface area contributed by atoms with Crippen molar-refractivity contribution in [2.75, 3.05) is 71.3 Å². The third-order valence-electron chi connectivity index (χ3n) is 5.72. The third kappa shape index (κ3) is 7.54. The van der Waals surface area contributed by atoms with E-state index < -0.39 is 0 Å². The summed E-state index contributed by atoms with van der Waals surface area (Å²) in [6.45, 7) is 4.65. The molecule has 10 nitrogen and oxygen atoms in total. The van der Waals surface area contributed by atoms with Gasteiger partial charge in [0.15, 0.2) is 16.7 Å². The van der Waals surface area contributed by atoms with E-state index in [1.807, 2.05) is 30.1 Å². The van der Waals surface area contributed by atoms with Gasteiger partial charge in [0.05, 0.1) is 26.6 Å². The molecule has 3 rings (SSSR count). The van der Waals surface area contributed by atoms with Crippen molar-refractivity contribution < 1.29 is 23.8 Å². The summed E-state index contributed by atoms with van der Waals surface area (Å²) < 4.78 is 15.7. The summed E-state index contributed by atoms with van der Waals surface area (Å²) >= 11 is 7.50. The average Bonchev–Trinajstić information content (AvgIpc) is 2.90. The molecule has 12 heteroatoms. The lowest BCUT2D eigenvalue weighted by atomic mass is 10.1. The molecule has 1 aliphatic rings. The highest BCUT2D eigenvalue weighted by molar-refractivity contribution is 7.99. The fourth-order valence-electron chi connectivity index (χ4n) is 3.66. The number of nitrogens with zero attached hydrogens (tertiary/aromatic N) is 5. The molecular weight excluding hydrogens is 506 g/mol. The third-order valence-corrected chi connectivity index (χ3v) is 6.74. The summed E-state index contributed by atoms with van der Waals surface area (Å²) in [4.78, 5) is 38.7. The van der Waals surface area contributed by atoms with Crippen LogP contribution in [0, 0.1) is 0 Å². The number of carbonyl (C=O) groups excluding carboxylic acids is 2. The second-order valence-electron chi connectivity index (χ2n) is 8.05. The number of ether oxygens (including phenoxy) is 3. The first-order valence-electron chi connectivity index (χ1n) is 11.6. The molecule has 1 aromatic heterocycles. The van der Waals surface area contributed by atoms with Crippen LogP contribution in [0.25, 0.3) is 0 Å². The van der Waals surface area contributed by atoms with E-state index in [2.05, 4.69) is 9.97 Å². The zero-order chi connectivity index (χ0) is 26.1. The minimum Gasteiger partial charge on any atom is -0.493 e. The molecule has 2 heterocycles. The van der Waals surface area contributed by atoms with Crippen LogP contribution >= 0.6 is 23.4 Å². The molecule has 1 aliphatic heterocycles. The number of methoxy groups -OCH3 is 2. The van der Waals surface area contributed by atoms with Crippen LogP contribution < -0.4 is 14.4 Å². The topological polar surface area (TPSA) is 97.3 Å². The Kier molecular flexibility index (Phi) is 10.3. The van der Waals surface area contributed by atoms with Gasteiger partial charge in [-0.25, -0.2) is 14.8 Å². The van der Waals surface area contributed by atoms with Gasteiger partial charge in [-0.1, -0.05) is 29.4 Å². The van der Waals surface area contributed by atoms with E-state index in [1.54, 1.807) is 37.0 Å². The molecule has 0 aliphatic carbocycles. The van der Waals surface area contributed by atoms with Crippen molar-refractivity contribution in [2.24, 2.45) is 0 Å². The van der Waals surface area contributed by atoms with Crippen LogP contribution in [0.15, 0.2) is 29.4 Å². The second-order valence-corrected chi connectivity index (χ2v) is 9.38. The highest BCUT2D eigenvalue weighted by atomic mass is 35.5. The molecule has 0 atom stereocenters. The second kappa shape index (κ2) is 13.4. The molecule has 0 N–H and O–H groups in total. The quantitative estimate of drug-likeness (QED) is 0.257. The number of anilines is 1. The van der Waals surface area contributed by atoms with Crippen molar-refractivity contribution in [3.8, 4) is 11.5 Å². The van der Waals surface area contributed by atoms with Crippen LogP contribution in [0.5, 0.6) is 11.5 Å². The molecule has 2 aromatic rings. The van der Waals surface area contributed by atoms with Gasteiger partial charge < -0.3 is 28.9 Å². The number of aromatic nitrogens is 2. The lowest BCUT2D eigenvalue weighted by Crippen LogP contribution is -2.51. The van der Waals surface area contributed by atoms with E-state index in [-0.39, 0.29) is 17.8 Å². The molecule has 36 heavy (non-hydrogen) atoms. The SMILES string of the molecule is CCOC(=O)N1CCN(C(=O)CSc2nc(Cl)cc(N(C)CCc3ccc(OC)c(OC)c3)n2)CC1. The van der Waals surface area contributed by atoms with Crippen LogP contribution in [-0.4, -0.2) is 98.1 Å². The van der Waals surface area contributed by atoms with E-state index in [4.69, 9.17) is 25.8 Å². The molecule has 0 radical (unpaired) electrons. The number of rotatable bonds is 10. The van der Waals surface area contributed by atoms with Crippen molar-refractivity contribution in [3.05, 3.63) is 35.0 Å². The summed E-state index contributed by atoms with van der Waals surface area (Å²) in [6.07, 6.45) is 0.422. The minimum atomic E-state index is -0.339. The molecule has 196 valence electrons. The van der Waals surface area contributed by atoms with E-state index in [0.29, 0.717) is 67.0 Å². The lowest BCUT2D eigenvalue weighted by Gasteiger charge is -2.34. The lowest BCUT2D eigenvalue weighted by molar-refractivity contribution is -0.129. The smallest absolute Gasteiger partial charge is 0.409 e. The molecule has 0 saturated carbocycles. The Morgan fingerprint density at radius 1 is 1.06 bits per heavy atom. The van der Waals surface area contributed by atoms with Crippen molar-refractivity contribution in [2.45, 2.75) is 18.5 Å². The van der Waals surface area contributed by atoms with Crippen LogP contribution in [0.1, 0.15) is 12.5 Å². The average molecular weight is 538 g/mol.